The molecule has 1 heterocycles. The summed E-state index contributed by atoms with van der Waals surface area (Å²) in [5, 5.41) is 11.0. The molecule has 20 heavy (non-hydrogen) atoms. The zero-order valence-corrected chi connectivity index (χ0v) is 12.2. The average molecular weight is 284 g/mol. The van der Waals surface area contributed by atoms with Gasteiger partial charge in [0.15, 0.2) is 0 Å². The van der Waals surface area contributed by atoms with E-state index < -0.39 is 11.9 Å². The second kappa shape index (κ2) is 7.87. The normalized spacial score (nSPS) is 17.6. The minimum Gasteiger partial charge on any atom is -0.481 e. The molecule has 1 fully saturated rings. The Morgan fingerprint density at radius 2 is 1.85 bits per heavy atom. The summed E-state index contributed by atoms with van der Waals surface area (Å²) in [6.45, 7) is 5.20. The largest absolute Gasteiger partial charge is 0.481 e. The van der Waals surface area contributed by atoms with Gasteiger partial charge in [-0.1, -0.05) is 20.3 Å². The summed E-state index contributed by atoms with van der Waals surface area (Å²) in [7, 11) is 0. The molecule has 6 nitrogen and oxygen atoms in total. The number of urea groups is 1. The van der Waals surface area contributed by atoms with Crippen LogP contribution in [0.1, 0.15) is 46.0 Å². The number of piperidine rings is 1. The molecule has 0 saturated carbocycles. The van der Waals surface area contributed by atoms with Crippen molar-refractivity contribution in [1.29, 1.82) is 0 Å². The van der Waals surface area contributed by atoms with E-state index in [1.807, 2.05) is 0 Å². The van der Waals surface area contributed by atoms with Crippen LogP contribution >= 0.6 is 0 Å². The standard InChI is InChI=1S/C14H24N2O4/c1-3-11-4-6-16(7-5-11)14(20)15-12(17)8-10(2)9-13(18)19/h10-11H,3-9H2,1-2H3,(H,18,19)(H,15,17,20). The molecular formula is C14H24N2O4. The number of hydrogen-bond acceptors (Lipinski definition) is 3. The molecule has 0 spiro atoms. The highest BCUT2D eigenvalue weighted by atomic mass is 16.4. The fourth-order valence-electron chi connectivity index (χ4n) is 2.48. The number of likely N-dealkylation sites (tertiary alicyclic amines) is 1. The van der Waals surface area contributed by atoms with Crippen molar-refractivity contribution < 1.29 is 19.5 Å². The number of carbonyl (C=O) groups is 3. The van der Waals surface area contributed by atoms with Crippen molar-refractivity contribution in [2.45, 2.75) is 46.0 Å². The predicted molar refractivity (Wildman–Crippen MR) is 74.2 cm³/mol. The number of carbonyl (C=O) groups excluding carboxylic acids is 2. The molecule has 0 radical (unpaired) electrons. The van der Waals surface area contributed by atoms with Crippen LogP contribution in [0, 0.1) is 11.8 Å². The van der Waals surface area contributed by atoms with E-state index in [2.05, 4.69) is 12.2 Å². The number of nitrogens with zero attached hydrogens (tertiary/aromatic N) is 1. The molecule has 1 unspecified atom stereocenters. The lowest BCUT2D eigenvalue weighted by Gasteiger charge is -2.31. The van der Waals surface area contributed by atoms with Crippen molar-refractivity contribution in [3.8, 4) is 0 Å². The molecule has 1 atom stereocenters. The Kier molecular flexibility index (Phi) is 6.48. The number of carboxylic acid groups (broad SMARTS) is 1. The molecule has 1 rings (SSSR count). The van der Waals surface area contributed by atoms with Crippen LogP contribution in [0.25, 0.3) is 0 Å². The monoisotopic (exact) mass is 284 g/mol. The van der Waals surface area contributed by atoms with E-state index >= 15 is 0 Å². The lowest BCUT2D eigenvalue weighted by molar-refractivity contribution is -0.138. The zero-order chi connectivity index (χ0) is 15.1. The van der Waals surface area contributed by atoms with Crippen LogP contribution in [0.4, 0.5) is 4.79 Å². The molecule has 0 bridgehead atoms. The highest BCUT2D eigenvalue weighted by Gasteiger charge is 2.23. The zero-order valence-electron chi connectivity index (χ0n) is 12.2. The number of amides is 3. The van der Waals surface area contributed by atoms with Crippen molar-refractivity contribution >= 4 is 17.9 Å². The van der Waals surface area contributed by atoms with E-state index in [0.717, 1.165) is 19.3 Å². The minimum atomic E-state index is -0.932. The lowest BCUT2D eigenvalue weighted by atomic mass is 9.95. The van der Waals surface area contributed by atoms with Gasteiger partial charge in [-0.2, -0.15) is 0 Å². The molecule has 0 aromatic heterocycles. The van der Waals surface area contributed by atoms with Gasteiger partial charge in [-0.05, 0) is 24.7 Å². The second-order valence-corrected chi connectivity index (χ2v) is 5.60. The molecule has 2 N–H and O–H groups in total. The predicted octanol–water partition coefficient (Wildman–Crippen LogP) is 1.85. The lowest BCUT2D eigenvalue weighted by Crippen LogP contribution is -2.46. The van der Waals surface area contributed by atoms with E-state index in [0.29, 0.717) is 19.0 Å². The molecule has 0 aromatic carbocycles. The van der Waals surface area contributed by atoms with Gasteiger partial charge in [0.05, 0.1) is 0 Å². The molecule has 1 saturated heterocycles. The number of aliphatic carboxylic acids is 1. The third kappa shape index (κ3) is 5.59. The first-order valence-corrected chi connectivity index (χ1v) is 7.22. The van der Waals surface area contributed by atoms with E-state index in [1.54, 1.807) is 11.8 Å². The molecular weight excluding hydrogens is 260 g/mol. The van der Waals surface area contributed by atoms with Crippen LogP contribution in [0.5, 0.6) is 0 Å². The van der Waals surface area contributed by atoms with E-state index in [1.165, 1.54) is 0 Å². The van der Waals surface area contributed by atoms with Crippen LogP contribution in [0.3, 0.4) is 0 Å². The van der Waals surface area contributed by atoms with Gasteiger partial charge < -0.3 is 10.0 Å². The Bertz CT molecular complexity index is 362. The van der Waals surface area contributed by atoms with Crippen LogP contribution in [-0.2, 0) is 9.59 Å². The Hall–Kier alpha value is -1.59. The summed E-state index contributed by atoms with van der Waals surface area (Å²) >= 11 is 0. The highest BCUT2D eigenvalue weighted by molar-refractivity contribution is 5.94. The Balaban J connectivity index is 2.31. The summed E-state index contributed by atoms with van der Waals surface area (Å²) in [6.07, 6.45) is 3.08. The number of rotatable bonds is 5. The quantitative estimate of drug-likeness (QED) is 0.806. The number of hydrogen-bond donors (Lipinski definition) is 2. The molecule has 1 aliphatic rings. The van der Waals surface area contributed by atoms with Gasteiger partial charge in [-0.25, -0.2) is 4.79 Å². The Morgan fingerprint density at radius 3 is 2.35 bits per heavy atom. The summed E-state index contributed by atoms with van der Waals surface area (Å²) in [5.74, 6) is -0.934. The average Bonchev–Trinajstić information content (AvgIpc) is 2.37. The molecule has 6 heteroatoms. The van der Waals surface area contributed by atoms with Crippen molar-refractivity contribution in [3.05, 3.63) is 0 Å². The number of carboxylic acids is 1. The molecule has 1 aliphatic heterocycles. The topological polar surface area (TPSA) is 86.7 Å². The van der Waals surface area contributed by atoms with Crippen molar-refractivity contribution in [3.63, 3.8) is 0 Å². The van der Waals surface area contributed by atoms with Gasteiger partial charge >= 0.3 is 12.0 Å². The first kappa shape index (κ1) is 16.5. The smallest absolute Gasteiger partial charge is 0.324 e. The third-order valence-electron chi connectivity index (χ3n) is 3.78. The third-order valence-corrected chi connectivity index (χ3v) is 3.78. The van der Waals surface area contributed by atoms with Crippen molar-refractivity contribution in [2.24, 2.45) is 11.8 Å². The van der Waals surface area contributed by atoms with Crippen molar-refractivity contribution in [2.75, 3.05) is 13.1 Å². The minimum absolute atomic E-state index is 0.0590. The second-order valence-electron chi connectivity index (χ2n) is 5.60. The highest BCUT2D eigenvalue weighted by Crippen LogP contribution is 2.19. The SMILES string of the molecule is CCC1CCN(C(=O)NC(=O)CC(C)CC(=O)O)CC1. The molecule has 0 aromatic rings. The summed E-state index contributed by atoms with van der Waals surface area (Å²) in [6, 6.07) is -0.355. The van der Waals surface area contributed by atoms with Gasteiger partial charge in [0, 0.05) is 25.9 Å². The van der Waals surface area contributed by atoms with Crippen LogP contribution in [0.15, 0.2) is 0 Å². The maximum atomic E-state index is 11.9. The fraction of sp³-hybridized carbons (Fsp3) is 0.786. The molecule has 0 aliphatic carbocycles. The number of imide groups is 1. The van der Waals surface area contributed by atoms with Gasteiger partial charge in [0.25, 0.3) is 0 Å². The molecule has 114 valence electrons. The van der Waals surface area contributed by atoms with Crippen LogP contribution in [-0.4, -0.2) is 41.0 Å². The fourth-order valence-corrected chi connectivity index (χ4v) is 2.48. The Morgan fingerprint density at radius 1 is 1.25 bits per heavy atom. The van der Waals surface area contributed by atoms with E-state index in [4.69, 9.17) is 5.11 Å². The van der Waals surface area contributed by atoms with Gasteiger partial charge in [-0.15, -0.1) is 0 Å². The van der Waals surface area contributed by atoms with Crippen molar-refractivity contribution in [1.82, 2.24) is 10.2 Å². The first-order valence-electron chi connectivity index (χ1n) is 7.22. The van der Waals surface area contributed by atoms with E-state index in [9.17, 15) is 14.4 Å². The van der Waals surface area contributed by atoms with E-state index in [-0.39, 0.29) is 24.8 Å². The van der Waals surface area contributed by atoms with Gasteiger partial charge in [0.1, 0.15) is 0 Å². The van der Waals surface area contributed by atoms with Gasteiger partial charge in [0.2, 0.25) is 5.91 Å². The number of nitrogens with one attached hydrogen (secondary N) is 1. The summed E-state index contributed by atoms with van der Waals surface area (Å²) in [5.41, 5.74) is 0. The van der Waals surface area contributed by atoms with Crippen LogP contribution in [0.2, 0.25) is 0 Å². The van der Waals surface area contributed by atoms with Crippen LogP contribution < -0.4 is 5.32 Å². The molecule has 3 amide bonds. The maximum absolute atomic E-state index is 11.9. The summed E-state index contributed by atoms with van der Waals surface area (Å²) in [4.78, 5) is 35.7. The first-order chi connectivity index (χ1) is 9.42. The summed E-state index contributed by atoms with van der Waals surface area (Å²) < 4.78 is 0. The van der Waals surface area contributed by atoms with Gasteiger partial charge in [-0.3, -0.25) is 14.9 Å². The maximum Gasteiger partial charge on any atom is 0.324 e. The Labute approximate surface area is 119 Å².